The van der Waals surface area contributed by atoms with E-state index in [1.807, 2.05) is 48.2 Å². The van der Waals surface area contributed by atoms with Crippen molar-refractivity contribution in [2.75, 3.05) is 51.3 Å². The van der Waals surface area contributed by atoms with Crippen LogP contribution in [0, 0.1) is 6.92 Å². The Morgan fingerprint density at radius 3 is 2.39 bits per heavy atom. The lowest BCUT2D eigenvalue weighted by atomic mass is 10.1. The van der Waals surface area contributed by atoms with Gasteiger partial charge >= 0.3 is 0 Å². The van der Waals surface area contributed by atoms with Crippen LogP contribution >= 0.6 is 0 Å². The van der Waals surface area contributed by atoms with Crippen LogP contribution in [0.5, 0.6) is 11.5 Å². The number of hydrogen-bond donors (Lipinski definition) is 1. The molecule has 2 aliphatic rings. The van der Waals surface area contributed by atoms with Gasteiger partial charge in [-0.25, -0.2) is 0 Å². The second-order valence-corrected chi connectivity index (χ2v) is 8.08. The lowest BCUT2D eigenvalue weighted by Crippen LogP contribution is -2.50. The van der Waals surface area contributed by atoms with E-state index in [0.29, 0.717) is 69.5 Å². The zero-order valence-corrected chi connectivity index (χ0v) is 17.9. The van der Waals surface area contributed by atoms with Crippen LogP contribution in [0.4, 0.5) is 5.69 Å². The van der Waals surface area contributed by atoms with Crippen LogP contribution in [0.2, 0.25) is 0 Å². The Kier molecular flexibility index (Phi) is 6.72. The Hall–Kier alpha value is -3.06. The first-order valence-corrected chi connectivity index (χ1v) is 10.8. The van der Waals surface area contributed by atoms with E-state index < -0.39 is 0 Å². The molecule has 0 aliphatic carbocycles. The number of fused-ring (bicyclic) bond motifs is 1. The van der Waals surface area contributed by atoms with Crippen molar-refractivity contribution in [2.45, 2.75) is 19.8 Å². The molecular formula is C24H29N3O4. The summed E-state index contributed by atoms with van der Waals surface area (Å²) in [5.74, 6) is 1.44. The van der Waals surface area contributed by atoms with E-state index in [4.69, 9.17) is 9.47 Å². The largest absolute Gasteiger partial charge is 0.490 e. The minimum atomic E-state index is -0.0751. The normalized spacial score (nSPS) is 16.5. The first-order valence-electron chi connectivity index (χ1n) is 10.8. The molecule has 1 saturated heterocycles. The van der Waals surface area contributed by atoms with Crippen molar-refractivity contribution < 1.29 is 19.1 Å². The van der Waals surface area contributed by atoms with E-state index in [1.165, 1.54) is 5.56 Å². The molecule has 0 unspecified atom stereocenters. The van der Waals surface area contributed by atoms with Crippen molar-refractivity contribution in [3.05, 3.63) is 53.6 Å². The maximum absolute atomic E-state index is 12.6. The molecule has 7 heteroatoms. The Labute approximate surface area is 182 Å². The summed E-state index contributed by atoms with van der Waals surface area (Å²) in [5.41, 5.74) is 2.92. The third-order valence-corrected chi connectivity index (χ3v) is 5.60. The molecule has 0 radical (unpaired) electrons. The van der Waals surface area contributed by atoms with Crippen molar-refractivity contribution in [3.8, 4) is 11.5 Å². The Bertz CT molecular complexity index is 921. The molecule has 0 atom stereocenters. The number of carbonyl (C=O) groups excluding carboxylic acids is 2. The molecule has 2 amide bonds. The maximum Gasteiger partial charge on any atom is 0.238 e. The van der Waals surface area contributed by atoms with Crippen molar-refractivity contribution >= 4 is 17.5 Å². The fourth-order valence-corrected chi connectivity index (χ4v) is 3.79. The average Bonchev–Trinajstić information content (AvgIpc) is 3.01. The van der Waals surface area contributed by atoms with Gasteiger partial charge in [0.05, 0.1) is 26.2 Å². The standard InChI is InChI=1S/C24H29N3O4/c1-18-3-5-19(6-4-18)15-24(29)27-11-9-26(10-12-27)17-23(28)25-20-7-8-21-22(16-20)31-14-2-13-30-21/h3-8,16H,2,9-15,17H2,1H3,(H,25,28). The molecule has 1 fully saturated rings. The van der Waals surface area contributed by atoms with Gasteiger partial charge in [0.15, 0.2) is 11.5 Å². The lowest BCUT2D eigenvalue weighted by Gasteiger charge is -2.34. The van der Waals surface area contributed by atoms with Gasteiger partial charge < -0.3 is 19.7 Å². The number of rotatable bonds is 5. The first kappa shape index (κ1) is 21.2. The maximum atomic E-state index is 12.6. The Balaban J connectivity index is 1.23. The van der Waals surface area contributed by atoms with Gasteiger partial charge in [-0.3, -0.25) is 14.5 Å². The molecule has 0 saturated carbocycles. The van der Waals surface area contributed by atoms with Gasteiger partial charge in [0.2, 0.25) is 11.8 Å². The number of nitrogens with zero attached hydrogens (tertiary/aromatic N) is 2. The van der Waals surface area contributed by atoms with Gasteiger partial charge in [0.25, 0.3) is 0 Å². The molecule has 0 aromatic heterocycles. The summed E-state index contributed by atoms with van der Waals surface area (Å²) in [6, 6.07) is 13.5. The first-order chi connectivity index (χ1) is 15.1. The Morgan fingerprint density at radius 2 is 1.65 bits per heavy atom. The molecule has 2 aromatic rings. The Morgan fingerprint density at radius 1 is 0.935 bits per heavy atom. The third kappa shape index (κ3) is 5.76. The van der Waals surface area contributed by atoms with Gasteiger partial charge in [-0.1, -0.05) is 29.8 Å². The molecule has 1 N–H and O–H groups in total. The number of benzene rings is 2. The summed E-state index contributed by atoms with van der Waals surface area (Å²) in [6.45, 7) is 6.24. The van der Waals surface area contributed by atoms with Crippen molar-refractivity contribution in [1.82, 2.24) is 9.80 Å². The molecule has 0 bridgehead atoms. The fraction of sp³-hybridized carbons (Fsp3) is 0.417. The monoisotopic (exact) mass is 423 g/mol. The minimum absolute atomic E-state index is 0.0751. The van der Waals surface area contributed by atoms with E-state index in [9.17, 15) is 9.59 Å². The number of hydrogen-bond acceptors (Lipinski definition) is 5. The van der Waals surface area contributed by atoms with Crippen LogP contribution in [0.1, 0.15) is 17.5 Å². The number of aryl methyl sites for hydroxylation is 1. The molecule has 31 heavy (non-hydrogen) atoms. The van der Waals surface area contributed by atoms with Crippen LogP contribution in [0.25, 0.3) is 0 Å². The van der Waals surface area contributed by atoms with E-state index in [1.54, 1.807) is 6.07 Å². The van der Waals surface area contributed by atoms with Crippen molar-refractivity contribution in [1.29, 1.82) is 0 Å². The SMILES string of the molecule is Cc1ccc(CC(=O)N2CCN(CC(=O)Nc3ccc4c(c3)OCCCO4)CC2)cc1. The van der Waals surface area contributed by atoms with Crippen LogP contribution in [0.15, 0.2) is 42.5 Å². The predicted molar refractivity (Wildman–Crippen MR) is 119 cm³/mol. The summed E-state index contributed by atoms with van der Waals surface area (Å²) in [6.07, 6.45) is 1.26. The molecule has 164 valence electrons. The third-order valence-electron chi connectivity index (χ3n) is 5.60. The van der Waals surface area contributed by atoms with Crippen LogP contribution in [-0.4, -0.2) is 67.6 Å². The summed E-state index contributed by atoms with van der Waals surface area (Å²) >= 11 is 0. The topological polar surface area (TPSA) is 71.1 Å². The van der Waals surface area contributed by atoms with E-state index in [0.717, 1.165) is 12.0 Å². The van der Waals surface area contributed by atoms with Crippen LogP contribution in [0.3, 0.4) is 0 Å². The predicted octanol–water partition coefficient (Wildman–Crippen LogP) is 2.48. The van der Waals surface area contributed by atoms with E-state index in [2.05, 4.69) is 10.2 Å². The lowest BCUT2D eigenvalue weighted by molar-refractivity contribution is -0.132. The van der Waals surface area contributed by atoms with Gasteiger partial charge in [-0.05, 0) is 24.6 Å². The molecule has 4 rings (SSSR count). The summed E-state index contributed by atoms with van der Waals surface area (Å²) in [5, 5.41) is 2.93. The van der Waals surface area contributed by atoms with Crippen molar-refractivity contribution in [2.24, 2.45) is 0 Å². The highest BCUT2D eigenvalue weighted by Crippen LogP contribution is 2.32. The minimum Gasteiger partial charge on any atom is -0.490 e. The second kappa shape index (κ2) is 9.83. The quantitative estimate of drug-likeness (QED) is 0.800. The highest BCUT2D eigenvalue weighted by Gasteiger charge is 2.22. The van der Waals surface area contributed by atoms with E-state index >= 15 is 0 Å². The van der Waals surface area contributed by atoms with Crippen LogP contribution in [-0.2, 0) is 16.0 Å². The smallest absolute Gasteiger partial charge is 0.238 e. The number of amides is 2. The number of carbonyl (C=O) groups is 2. The van der Waals surface area contributed by atoms with Gasteiger partial charge in [-0.2, -0.15) is 0 Å². The molecular weight excluding hydrogens is 394 g/mol. The number of ether oxygens (including phenoxy) is 2. The summed E-state index contributed by atoms with van der Waals surface area (Å²) in [7, 11) is 0. The number of nitrogens with one attached hydrogen (secondary N) is 1. The molecule has 2 aromatic carbocycles. The summed E-state index contributed by atoms with van der Waals surface area (Å²) < 4.78 is 11.3. The fourth-order valence-electron chi connectivity index (χ4n) is 3.79. The van der Waals surface area contributed by atoms with Crippen molar-refractivity contribution in [3.63, 3.8) is 0 Å². The highest BCUT2D eigenvalue weighted by molar-refractivity contribution is 5.92. The number of piperazine rings is 1. The average molecular weight is 424 g/mol. The van der Waals surface area contributed by atoms with Gasteiger partial charge in [0.1, 0.15) is 0 Å². The number of anilines is 1. The molecule has 2 heterocycles. The molecule has 7 nitrogen and oxygen atoms in total. The summed E-state index contributed by atoms with van der Waals surface area (Å²) in [4.78, 5) is 29.0. The second-order valence-electron chi connectivity index (χ2n) is 8.08. The van der Waals surface area contributed by atoms with Gasteiger partial charge in [-0.15, -0.1) is 0 Å². The zero-order valence-electron chi connectivity index (χ0n) is 17.9. The highest BCUT2D eigenvalue weighted by atomic mass is 16.5. The zero-order chi connectivity index (χ0) is 21.6. The van der Waals surface area contributed by atoms with Gasteiger partial charge in [0, 0.05) is 44.4 Å². The molecule has 2 aliphatic heterocycles. The van der Waals surface area contributed by atoms with E-state index in [-0.39, 0.29) is 11.8 Å². The molecule has 0 spiro atoms. The van der Waals surface area contributed by atoms with Crippen LogP contribution < -0.4 is 14.8 Å².